The van der Waals surface area contributed by atoms with Gasteiger partial charge in [0.15, 0.2) is 0 Å². The van der Waals surface area contributed by atoms with Crippen molar-refractivity contribution in [1.82, 2.24) is 5.32 Å². The van der Waals surface area contributed by atoms with Gasteiger partial charge in [0.25, 0.3) is 0 Å². The van der Waals surface area contributed by atoms with Crippen molar-refractivity contribution in [1.29, 1.82) is 0 Å². The van der Waals surface area contributed by atoms with E-state index in [1.165, 1.54) is 0 Å². The summed E-state index contributed by atoms with van der Waals surface area (Å²) in [6.07, 6.45) is 3.21. The molecule has 1 fully saturated rings. The molecule has 0 bridgehead atoms. The van der Waals surface area contributed by atoms with Gasteiger partial charge in [-0.1, -0.05) is 13.8 Å². The van der Waals surface area contributed by atoms with Crippen molar-refractivity contribution in [3.63, 3.8) is 0 Å². The van der Waals surface area contributed by atoms with Crippen LogP contribution in [0.5, 0.6) is 0 Å². The fourth-order valence-electron chi connectivity index (χ4n) is 2.17. The summed E-state index contributed by atoms with van der Waals surface area (Å²) in [5, 5.41) is 11.6. The van der Waals surface area contributed by atoms with E-state index >= 15 is 0 Å². The second-order valence-electron chi connectivity index (χ2n) is 5.18. The number of amides is 1. The molecule has 17 heavy (non-hydrogen) atoms. The quantitative estimate of drug-likeness (QED) is 0.677. The van der Waals surface area contributed by atoms with Crippen LogP contribution in [0.15, 0.2) is 0 Å². The summed E-state index contributed by atoms with van der Waals surface area (Å²) < 4.78 is 0. The molecule has 0 saturated heterocycles. The monoisotopic (exact) mass is 242 g/mol. The molecule has 1 rings (SSSR count). The molecule has 98 valence electrons. The number of aliphatic carboxylic acids is 1. The number of hydrogen-bond acceptors (Lipinski definition) is 3. The van der Waals surface area contributed by atoms with E-state index in [-0.39, 0.29) is 23.8 Å². The predicted octanol–water partition coefficient (Wildman–Crippen LogP) is 0.729. The van der Waals surface area contributed by atoms with E-state index in [9.17, 15) is 9.59 Å². The minimum Gasteiger partial charge on any atom is -0.480 e. The highest BCUT2D eigenvalue weighted by atomic mass is 16.4. The maximum Gasteiger partial charge on any atom is 0.326 e. The van der Waals surface area contributed by atoms with Crippen molar-refractivity contribution in [2.75, 3.05) is 0 Å². The van der Waals surface area contributed by atoms with Crippen LogP contribution in [0.1, 0.15) is 39.5 Å². The van der Waals surface area contributed by atoms with Crippen LogP contribution in [-0.4, -0.2) is 29.1 Å². The van der Waals surface area contributed by atoms with Crippen LogP contribution in [0.3, 0.4) is 0 Å². The Morgan fingerprint density at radius 2 is 1.76 bits per heavy atom. The number of carboxylic acids is 1. The highest BCUT2D eigenvalue weighted by molar-refractivity contribution is 5.85. The third-order valence-corrected chi connectivity index (χ3v) is 3.37. The first-order valence-corrected chi connectivity index (χ1v) is 6.20. The Kier molecular flexibility index (Phi) is 4.93. The molecule has 1 saturated carbocycles. The normalized spacial score (nSPS) is 26.6. The Balaban J connectivity index is 2.50. The summed E-state index contributed by atoms with van der Waals surface area (Å²) in [6.45, 7) is 3.58. The molecular formula is C12H22N2O3. The summed E-state index contributed by atoms with van der Waals surface area (Å²) in [6, 6.07) is -0.600. The lowest BCUT2D eigenvalue weighted by atomic mass is 9.85. The van der Waals surface area contributed by atoms with E-state index in [4.69, 9.17) is 10.8 Å². The van der Waals surface area contributed by atoms with E-state index in [0.717, 1.165) is 25.7 Å². The molecule has 1 aliphatic rings. The molecule has 1 aliphatic carbocycles. The lowest BCUT2D eigenvalue weighted by Crippen LogP contribution is -2.47. The van der Waals surface area contributed by atoms with Gasteiger partial charge in [-0.25, -0.2) is 4.79 Å². The van der Waals surface area contributed by atoms with Gasteiger partial charge in [-0.2, -0.15) is 0 Å². The van der Waals surface area contributed by atoms with Crippen LogP contribution in [-0.2, 0) is 9.59 Å². The maximum atomic E-state index is 11.9. The molecule has 0 radical (unpaired) electrons. The summed E-state index contributed by atoms with van der Waals surface area (Å²) in [5.74, 6) is -1.29. The van der Waals surface area contributed by atoms with E-state index in [0.29, 0.717) is 0 Å². The van der Waals surface area contributed by atoms with Gasteiger partial charge in [-0.05, 0) is 31.6 Å². The van der Waals surface area contributed by atoms with Gasteiger partial charge in [0.1, 0.15) is 6.04 Å². The SMILES string of the molecule is CC(C)[C@@H](NC(=O)C1CCC(N)CC1)C(=O)O. The molecule has 5 nitrogen and oxygen atoms in total. The first-order valence-electron chi connectivity index (χ1n) is 6.20. The second kappa shape index (κ2) is 6.00. The van der Waals surface area contributed by atoms with Gasteiger partial charge in [-0.15, -0.1) is 0 Å². The number of rotatable bonds is 4. The van der Waals surface area contributed by atoms with Crippen molar-refractivity contribution in [2.45, 2.75) is 51.6 Å². The molecule has 1 amide bonds. The molecule has 0 unspecified atom stereocenters. The van der Waals surface area contributed by atoms with E-state index in [1.54, 1.807) is 13.8 Å². The van der Waals surface area contributed by atoms with Gasteiger partial charge in [0.2, 0.25) is 5.91 Å². The predicted molar refractivity (Wildman–Crippen MR) is 64.3 cm³/mol. The molecular weight excluding hydrogens is 220 g/mol. The molecule has 1 atom stereocenters. The van der Waals surface area contributed by atoms with Gasteiger partial charge in [-0.3, -0.25) is 4.79 Å². The summed E-state index contributed by atoms with van der Waals surface area (Å²) in [7, 11) is 0. The van der Waals surface area contributed by atoms with Crippen LogP contribution in [0, 0.1) is 11.8 Å². The van der Waals surface area contributed by atoms with Crippen LogP contribution in [0.2, 0.25) is 0 Å². The number of carbonyl (C=O) groups is 2. The van der Waals surface area contributed by atoms with Crippen LogP contribution in [0.4, 0.5) is 0 Å². The van der Waals surface area contributed by atoms with Gasteiger partial charge < -0.3 is 16.2 Å². The van der Waals surface area contributed by atoms with Crippen molar-refractivity contribution in [3.05, 3.63) is 0 Å². The Hall–Kier alpha value is -1.10. The maximum absolute atomic E-state index is 11.9. The van der Waals surface area contributed by atoms with Crippen molar-refractivity contribution >= 4 is 11.9 Å². The molecule has 5 heteroatoms. The average Bonchev–Trinajstić information content (AvgIpc) is 2.25. The number of nitrogens with two attached hydrogens (primary N) is 1. The highest BCUT2D eigenvalue weighted by Gasteiger charge is 2.29. The molecule has 0 heterocycles. The largest absolute Gasteiger partial charge is 0.480 e. The topological polar surface area (TPSA) is 92.4 Å². The van der Waals surface area contributed by atoms with Gasteiger partial charge in [0.05, 0.1) is 0 Å². The lowest BCUT2D eigenvalue weighted by molar-refractivity contribution is -0.144. The number of carboxylic acid groups (broad SMARTS) is 1. The molecule has 0 aliphatic heterocycles. The second-order valence-corrected chi connectivity index (χ2v) is 5.18. The Labute approximate surface area is 102 Å². The minimum absolute atomic E-state index is 0.0737. The van der Waals surface area contributed by atoms with Crippen molar-refractivity contribution in [2.24, 2.45) is 17.6 Å². The Morgan fingerprint density at radius 1 is 1.24 bits per heavy atom. The minimum atomic E-state index is -0.971. The first-order chi connectivity index (χ1) is 7.91. The molecule has 0 aromatic carbocycles. The number of carbonyl (C=O) groups excluding carboxylic acids is 1. The van der Waals surface area contributed by atoms with Crippen molar-refractivity contribution in [3.8, 4) is 0 Å². The van der Waals surface area contributed by atoms with Gasteiger partial charge in [0, 0.05) is 12.0 Å². The van der Waals surface area contributed by atoms with E-state index in [2.05, 4.69) is 5.32 Å². The third kappa shape index (κ3) is 4.00. The molecule has 0 spiro atoms. The average molecular weight is 242 g/mol. The third-order valence-electron chi connectivity index (χ3n) is 3.37. The number of nitrogens with one attached hydrogen (secondary N) is 1. The Bertz CT molecular complexity index is 283. The standard InChI is InChI=1S/C12H22N2O3/c1-7(2)10(12(16)17)14-11(15)8-3-5-9(13)6-4-8/h7-10H,3-6,13H2,1-2H3,(H,14,15)(H,16,17)/t8?,9?,10-/m1/s1. The highest BCUT2D eigenvalue weighted by Crippen LogP contribution is 2.23. The zero-order valence-electron chi connectivity index (χ0n) is 10.5. The number of hydrogen-bond donors (Lipinski definition) is 3. The molecule has 0 aromatic rings. The van der Waals surface area contributed by atoms with Crippen LogP contribution >= 0.6 is 0 Å². The summed E-state index contributed by atoms with van der Waals surface area (Å²) >= 11 is 0. The fourth-order valence-corrected chi connectivity index (χ4v) is 2.17. The van der Waals surface area contributed by atoms with Crippen LogP contribution in [0.25, 0.3) is 0 Å². The smallest absolute Gasteiger partial charge is 0.326 e. The van der Waals surface area contributed by atoms with E-state index in [1.807, 2.05) is 0 Å². The molecule has 4 N–H and O–H groups in total. The zero-order chi connectivity index (χ0) is 13.0. The summed E-state index contributed by atoms with van der Waals surface area (Å²) in [5.41, 5.74) is 5.77. The van der Waals surface area contributed by atoms with Gasteiger partial charge >= 0.3 is 5.97 Å². The van der Waals surface area contributed by atoms with Crippen molar-refractivity contribution < 1.29 is 14.7 Å². The first kappa shape index (κ1) is 14.0. The summed E-state index contributed by atoms with van der Waals surface area (Å²) in [4.78, 5) is 22.9. The van der Waals surface area contributed by atoms with Crippen LogP contribution < -0.4 is 11.1 Å². The zero-order valence-corrected chi connectivity index (χ0v) is 10.5. The lowest BCUT2D eigenvalue weighted by Gasteiger charge is -2.27. The molecule has 0 aromatic heterocycles. The Morgan fingerprint density at radius 3 is 2.18 bits per heavy atom. The van der Waals surface area contributed by atoms with E-state index < -0.39 is 12.0 Å². The fraction of sp³-hybridized carbons (Fsp3) is 0.833.